The van der Waals surface area contributed by atoms with E-state index in [1.807, 2.05) is 26.8 Å². The molecule has 1 unspecified atom stereocenters. The Morgan fingerprint density at radius 2 is 1.74 bits per heavy atom. The third-order valence-corrected chi connectivity index (χ3v) is 14.6. The first-order valence-electron chi connectivity index (χ1n) is 25.5. The molecule has 0 radical (unpaired) electrons. The van der Waals surface area contributed by atoms with Gasteiger partial charge in [-0.25, -0.2) is 14.4 Å². The van der Waals surface area contributed by atoms with Crippen LogP contribution in [0.15, 0.2) is 60.2 Å². The molecule has 2 fully saturated rings. The van der Waals surface area contributed by atoms with Crippen LogP contribution in [-0.2, 0) is 60.7 Å². The number of benzene rings is 2. The number of anilines is 2. The van der Waals surface area contributed by atoms with E-state index in [0.29, 0.717) is 48.4 Å². The number of methoxy groups -OCH3 is 2. The third kappa shape index (κ3) is 15.7. The minimum atomic E-state index is -1.87. The maximum absolute atomic E-state index is 14.3. The first kappa shape index (κ1) is 60.6. The zero-order valence-corrected chi connectivity index (χ0v) is 46.1. The summed E-state index contributed by atoms with van der Waals surface area (Å²) in [5.41, 5.74) is 5.91. The average molecular weight is 1080 g/mol. The van der Waals surface area contributed by atoms with Gasteiger partial charge in [0.25, 0.3) is 0 Å². The van der Waals surface area contributed by atoms with Crippen molar-refractivity contribution in [2.24, 2.45) is 17.6 Å². The molecule has 2 saturated heterocycles. The maximum Gasteiger partial charge on any atom is 0.409 e. The highest BCUT2D eigenvalue weighted by Crippen LogP contribution is 2.49. The van der Waals surface area contributed by atoms with Crippen molar-refractivity contribution in [2.75, 3.05) is 45.1 Å². The van der Waals surface area contributed by atoms with Gasteiger partial charge in [-0.05, 0) is 88.3 Å². The van der Waals surface area contributed by atoms with E-state index in [-0.39, 0.29) is 49.3 Å². The van der Waals surface area contributed by atoms with Gasteiger partial charge in [0.2, 0.25) is 23.6 Å². The van der Waals surface area contributed by atoms with Gasteiger partial charge in [0.15, 0.2) is 5.72 Å². The molecule has 2 aromatic carbocycles. The molecular formula is C54H76ClN7O14. The standard InChI is InChI=1S/C54H76ClN7O14/c1-30(2)46(56)49(66)58-33(5)48(65)59-37-21-19-35(20-22-37)29-73-51(68)57-23-14-12-13-18-43(63)61(8)34(6)50(67)75-42-27-44(64)62(9)38-25-36(26-39(71-10)45(38)55)24-31(3)16-15-17-41(72-11)54(70)28-40(74-52(69)60-54)32(4)47-53(42,7)76-47/h15-17,19-22,25-26,30,32-34,40-42,46-47,70H,12-14,18,23-24,27-29,56H2,1-11H3,(H,57,68)(H,58,66)(H,59,65)(H,60,69)/b17-15+,31-16+/t32-,33+,34+,40?,41-,42+,46+,47+,53+,54+/m1/s1. The molecular weight excluding hydrogens is 1010 g/mol. The number of rotatable bonds is 18. The van der Waals surface area contributed by atoms with Gasteiger partial charge in [-0.2, -0.15) is 0 Å². The highest BCUT2D eigenvalue weighted by atomic mass is 35.5. The maximum atomic E-state index is 14.3. The van der Waals surface area contributed by atoms with Crippen molar-refractivity contribution in [2.45, 2.75) is 154 Å². The van der Waals surface area contributed by atoms with Crippen LogP contribution in [0, 0.1) is 11.8 Å². The molecule has 3 aliphatic rings. The van der Waals surface area contributed by atoms with Gasteiger partial charge in [0.1, 0.15) is 53.4 Å². The van der Waals surface area contributed by atoms with E-state index in [2.05, 4.69) is 21.3 Å². The number of hydrogen-bond acceptors (Lipinski definition) is 15. The smallest absolute Gasteiger partial charge is 0.409 e. The van der Waals surface area contributed by atoms with E-state index in [1.165, 1.54) is 38.0 Å². The molecule has 4 bridgehead atoms. The first-order chi connectivity index (χ1) is 35.8. The number of halogens is 1. The summed E-state index contributed by atoms with van der Waals surface area (Å²) in [5, 5.41) is 22.6. The summed E-state index contributed by atoms with van der Waals surface area (Å²) in [4.78, 5) is 94.7. The van der Waals surface area contributed by atoms with Crippen LogP contribution in [0.3, 0.4) is 0 Å². The van der Waals surface area contributed by atoms with Crippen molar-refractivity contribution in [1.29, 1.82) is 0 Å². The molecule has 10 atom stereocenters. The predicted molar refractivity (Wildman–Crippen MR) is 283 cm³/mol. The number of amides is 6. The van der Waals surface area contributed by atoms with Crippen molar-refractivity contribution < 1.29 is 67.1 Å². The Balaban J connectivity index is 1.16. The van der Waals surface area contributed by atoms with Gasteiger partial charge in [-0.15, -0.1) is 0 Å². The number of hydrogen-bond donors (Lipinski definition) is 6. The average Bonchev–Trinajstić information content (AvgIpc) is 4.08. The second kappa shape index (κ2) is 26.7. The Labute approximate surface area is 449 Å². The van der Waals surface area contributed by atoms with Crippen LogP contribution in [0.4, 0.5) is 21.0 Å². The van der Waals surface area contributed by atoms with E-state index in [1.54, 1.807) is 76.4 Å². The van der Waals surface area contributed by atoms with Crippen LogP contribution in [0.2, 0.25) is 5.02 Å². The summed E-state index contributed by atoms with van der Waals surface area (Å²) in [6, 6.07) is 7.62. The van der Waals surface area contributed by atoms with Gasteiger partial charge in [-0.3, -0.25) is 24.5 Å². The van der Waals surface area contributed by atoms with E-state index >= 15 is 0 Å². The molecule has 0 aromatic heterocycles. The Kier molecular flexibility index (Phi) is 21.3. The number of esters is 1. The highest BCUT2D eigenvalue weighted by molar-refractivity contribution is 6.35. The number of carbonyl (C=O) groups is 7. The van der Waals surface area contributed by atoms with Crippen LogP contribution in [0.1, 0.15) is 98.1 Å². The molecule has 5 rings (SSSR count). The second-order valence-electron chi connectivity index (χ2n) is 20.4. The molecule has 6 amide bonds. The number of fused-ring (bicyclic) bond motifs is 5. The summed E-state index contributed by atoms with van der Waals surface area (Å²) in [7, 11) is 5.93. The van der Waals surface area contributed by atoms with E-state index < -0.39 is 95.7 Å². The summed E-state index contributed by atoms with van der Waals surface area (Å²) in [6.45, 7) is 12.4. The number of ether oxygens (including phenoxy) is 6. The zero-order valence-electron chi connectivity index (χ0n) is 45.4. The normalized spacial score (nSPS) is 25.9. The zero-order chi connectivity index (χ0) is 56.2. The molecule has 0 aliphatic carbocycles. The van der Waals surface area contributed by atoms with E-state index in [4.69, 9.17) is 45.8 Å². The minimum Gasteiger partial charge on any atom is -0.495 e. The topological polar surface area (TPSA) is 279 Å². The summed E-state index contributed by atoms with van der Waals surface area (Å²) in [6.07, 6.45) is 1.56. The van der Waals surface area contributed by atoms with E-state index in [0.717, 1.165) is 11.1 Å². The third-order valence-electron chi connectivity index (χ3n) is 14.2. The minimum absolute atomic E-state index is 0.0213. The van der Waals surface area contributed by atoms with Crippen LogP contribution in [0.5, 0.6) is 5.75 Å². The number of aliphatic hydroxyl groups is 1. The van der Waals surface area contributed by atoms with Crippen LogP contribution >= 0.6 is 11.6 Å². The monoisotopic (exact) mass is 1080 g/mol. The van der Waals surface area contributed by atoms with Crippen LogP contribution < -0.4 is 36.6 Å². The number of epoxide rings is 1. The molecule has 76 heavy (non-hydrogen) atoms. The van der Waals surface area contributed by atoms with Gasteiger partial charge < -0.3 is 65.0 Å². The first-order valence-corrected chi connectivity index (χ1v) is 25.9. The Bertz CT molecular complexity index is 2490. The molecule has 22 heteroatoms. The second-order valence-corrected chi connectivity index (χ2v) is 20.8. The number of allylic oxidation sites excluding steroid dienone is 3. The number of nitrogens with two attached hydrogens (primary N) is 1. The lowest BCUT2D eigenvalue weighted by atomic mass is 9.83. The van der Waals surface area contributed by atoms with Crippen LogP contribution in [0.25, 0.3) is 0 Å². The van der Waals surface area contributed by atoms with Gasteiger partial charge in [0.05, 0.1) is 31.4 Å². The van der Waals surface area contributed by atoms with Crippen molar-refractivity contribution >= 4 is 64.8 Å². The number of alkyl carbamates (subject to hydrolysis) is 2. The lowest BCUT2D eigenvalue weighted by Gasteiger charge is -2.42. The molecule has 3 heterocycles. The Morgan fingerprint density at radius 1 is 1.04 bits per heavy atom. The number of nitrogens with one attached hydrogen (secondary N) is 4. The van der Waals surface area contributed by atoms with Crippen molar-refractivity contribution in [3.63, 3.8) is 0 Å². The van der Waals surface area contributed by atoms with Crippen molar-refractivity contribution in [3.05, 3.63) is 76.3 Å². The molecule has 0 saturated carbocycles. The Hall–Kier alpha value is -6.26. The fourth-order valence-corrected chi connectivity index (χ4v) is 9.29. The summed E-state index contributed by atoms with van der Waals surface area (Å²) >= 11 is 6.81. The summed E-state index contributed by atoms with van der Waals surface area (Å²) in [5.74, 6) is -2.75. The fraction of sp³-hybridized carbons (Fsp3) is 0.574. The lowest BCUT2D eigenvalue weighted by molar-refractivity contribution is -0.162. The Morgan fingerprint density at radius 3 is 2.39 bits per heavy atom. The van der Waals surface area contributed by atoms with E-state index in [9.17, 15) is 38.7 Å². The quantitative estimate of drug-likeness (QED) is 0.0470. The molecule has 7 N–H and O–H groups in total. The number of likely N-dealkylation sites (N-methyl/N-ethyl adjacent to an activating group) is 1. The molecule has 3 aliphatic heterocycles. The molecule has 418 valence electrons. The van der Waals surface area contributed by atoms with Crippen molar-refractivity contribution in [1.82, 2.24) is 20.9 Å². The SMILES string of the molecule is COc1cc2cc(c1Cl)N(C)C(=O)C[C@H](OC(=O)[C@H](C)N(C)C(=O)CCCCCNC(=O)OCc1ccc(NC(=O)[C@H](C)NC(=O)[C@@H](N)C(C)C)cc1)[C@]1(C)O[C@H]1[C@H](C)C1C[C@@](O)(NC(=O)O1)[C@H](OC)/C=C/C=C(\C)C2. The van der Waals surface area contributed by atoms with Gasteiger partial charge >= 0.3 is 18.2 Å². The number of carbonyl (C=O) groups excluding carboxylic acids is 7. The van der Waals surface area contributed by atoms with Gasteiger partial charge in [0, 0.05) is 52.2 Å². The number of nitrogens with zero attached hydrogens (tertiary/aromatic N) is 2. The van der Waals surface area contributed by atoms with Crippen molar-refractivity contribution in [3.8, 4) is 5.75 Å². The van der Waals surface area contributed by atoms with Gasteiger partial charge in [-0.1, -0.05) is 74.7 Å². The molecule has 0 spiro atoms. The fourth-order valence-electron chi connectivity index (χ4n) is 8.98. The lowest BCUT2D eigenvalue weighted by Crippen LogP contribution is -2.63. The van der Waals surface area contributed by atoms with Crippen LogP contribution in [-0.4, -0.2) is 141 Å². The highest BCUT2D eigenvalue weighted by Gasteiger charge is 2.64. The molecule has 21 nitrogen and oxygen atoms in total. The predicted octanol–water partition coefficient (Wildman–Crippen LogP) is 5.43. The number of unbranched alkanes of at least 4 members (excludes halogenated alkanes) is 2. The molecule has 2 aromatic rings. The largest absolute Gasteiger partial charge is 0.495 e. The summed E-state index contributed by atoms with van der Waals surface area (Å²) < 4.78 is 34.7.